The van der Waals surface area contributed by atoms with Gasteiger partial charge in [-0.25, -0.2) is 8.60 Å². The van der Waals surface area contributed by atoms with Crippen LogP contribution in [0.25, 0.3) is 0 Å². The third-order valence-electron chi connectivity index (χ3n) is 4.08. The molecule has 2 atom stereocenters. The summed E-state index contributed by atoms with van der Waals surface area (Å²) in [7, 11) is -1.53. The molecule has 0 amide bonds. The van der Waals surface area contributed by atoms with Crippen molar-refractivity contribution in [1.29, 1.82) is 5.26 Å². The molecule has 2 aromatic rings. The molecule has 0 aromatic heterocycles. The maximum atomic E-state index is 13.5. The summed E-state index contributed by atoms with van der Waals surface area (Å²) in [5, 5.41) is 14.7. The highest BCUT2D eigenvalue weighted by molar-refractivity contribution is 7.84. The van der Waals surface area contributed by atoms with Gasteiger partial charge in [0.2, 0.25) is 0 Å². The first kappa shape index (κ1) is 18.1. The van der Waals surface area contributed by atoms with Crippen molar-refractivity contribution in [3.8, 4) is 6.07 Å². The van der Waals surface area contributed by atoms with E-state index in [1.54, 1.807) is 30.3 Å². The molecular formula is C18H20FN3OS. The van der Waals surface area contributed by atoms with Crippen LogP contribution >= 0.6 is 0 Å². The van der Waals surface area contributed by atoms with Crippen molar-refractivity contribution in [3.05, 3.63) is 65.0 Å². The molecule has 0 saturated heterocycles. The van der Waals surface area contributed by atoms with Crippen LogP contribution in [0.2, 0.25) is 0 Å². The number of rotatable bonds is 5. The Morgan fingerprint density at radius 3 is 2.50 bits per heavy atom. The Labute approximate surface area is 143 Å². The minimum Gasteiger partial charge on any atom is -0.396 e. The predicted octanol–water partition coefficient (Wildman–Crippen LogP) is 3.20. The topological polar surface area (TPSA) is 92.9 Å². The Balaban J connectivity index is 2.54. The van der Waals surface area contributed by atoms with Crippen LogP contribution in [0.4, 0.5) is 10.1 Å². The third kappa shape index (κ3) is 3.99. The van der Waals surface area contributed by atoms with Crippen LogP contribution in [-0.4, -0.2) is 8.96 Å². The summed E-state index contributed by atoms with van der Waals surface area (Å²) in [5.74, 6) is -0.686. The van der Waals surface area contributed by atoms with Gasteiger partial charge in [0.15, 0.2) is 0 Å². The Bertz CT molecular complexity index is 814. The number of nitrogens with zero attached hydrogens (tertiary/aromatic N) is 1. The van der Waals surface area contributed by atoms with Crippen LogP contribution in [0.3, 0.4) is 0 Å². The van der Waals surface area contributed by atoms with Crippen molar-refractivity contribution in [3.63, 3.8) is 0 Å². The Kier molecular flexibility index (Phi) is 5.37. The molecule has 2 rings (SSSR count). The number of nitrogens with two attached hydrogens (primary N) is 2. The van der Waals surface area contributed by atoms with Crippen LogP contribution in [-0.2, 0) is 11.0 Å². The van der Waals surface area contributed by atoms with Crippen molar-refractivity contribution in [2.45, 2.75) is 30.9 Å². The molecule has 0 fully saturated rings. The maximum Gasteiger partial charge on any atom is 0.146 e. The van der Waals surface area contributed by atoms with Gasteiger partial charge in [-0.2, -0.15) is 5.26 Å². The number of nitriles is 1. The summed E-state index contributed by atoms with van der Waals surface area (Å²) in [4.78, 5) is 0. The monoisotopic (exact) mass is 345 g/mol. The maximum absolute atomic E-state index is 13.5. The van der Waals surface area contributed by atoms with Gasteiger partial charge in [-0.15, -0.1) is 0 Å². The molecule has 4 nitrogen and oxygen atoms in total. The zero-order valence-corrected chi connectivity index (χ0v) is 14.4. The lowest BCUT2D eigenvalue weighted by molar-refractivity contribution is 0.555. The van der Waals surface area contributed by atoms with Gasteiger partial charge in [-0.05, 0) is 55.7 Å². The molecule has 1 unspecified atom stereocenters. The molecule has 0 aliphatic heterocycles. The van der Waals surface area contributed by atoms with Crippen molar-refractivity contribution >= 4 is 16.7 Å². The largest absolute Gasteiger partial charge is 0.396 e. The van der Waals surface area contributed by atoms with E-state index in [0.717, 1.165) is 11.1 Å². The average molecular weight is 345 g/mol. The highest BCUT2D eigenvalue weighted by atomic mass is 32.2. The second kappa shape index (κ2) is 7.12. The predicted molar refractivity (Wildman–Crippen MR) is 94.8 cm³/mol. The molecule has 4 N–H and O–H groups in total. The van der Waals surface area contributed by atoms with Gasteiger partial charge in [0.1, 0.15) is 5.82 Å². The van der Waals surface area contributed by atoms with Crippen molar-refractivity contribution in [2.75, 3.05) is 5.73 Å². The van der Waals surface area contributed by atoms with Crippen LogP contribution in [0.5, 0.6) is 0 Å². The van der Waals surface area contributed by atoms with Crippen molar-refractivity contribution in [1.82, 2.24) is 0 Å². The van der Waals surface area contributed by atoms with E-state index in [4.69, 9.17) is 16.1 Å². The molecule has 0 aliphatic carbocycles. The fraction of sp³-hybridized carbons (Fsp3) is 0.278. The summed E-state index contributed by atoms with van der Waals surface area (Å²) in [6, 6.07) is 13.8. The molecule has 0 saturated carbocycles. The standard InChI is InChI=1S/C18H20FN3OS/c1-18(2,24(22)23)10-15(13-5-3-4-12(8-13)11-20)14-6-7-16(19)17(21)9-14/h3-9,15H,10,21-22H2,1-2H3/t15-,24?/m1/s1. The molecule has 0 radical (unpaired) electrons. The highest BCUT2D eigenvalue weighted by Crippen LogP contribution is 2.35. The average Bonchev–Trinajstić information content (AvgIpc) is 2.55. The van der Waals surface area contributed by atoms with E-state index in [1.807, 2.05) is 19.9 Å². The first-order valence-electron chi connectivity index (χ1n) is 7.46. The molecule has 0 bridgehead atoms. The molecule has 0 aliphatic rings. The summed E-state index contributed by atoms with van der Waals surface area (Å²) in [6.07, 6.45) is 0.468. The van der Waals surface area contributed by atoms with E-state index in [0.29, 0.717) is 12.0 Å². The first-order chi connectivity index (χ1) is 11.2. The molecule has 24 heavy (non-hydrogen) atoms. The number of hydrogen-bond acceptors (Lipinski definition) is 3. The Hall–Kier alpha value is -2.23. The summed E-state index contributed by atoms with van der Waals surface area (Å²) >= 11 is 0. The molecular weight excluding hydrogens is 325 g/mol. The molecule has 0 spiro atoms. The third-order valence-corrected chi connectivity index (χ3v) is 5.34. The summed E-state index contributed by atoms with van der Waals surface area (Å²) in [5.41, 5.74) is 7.96. The minimum absolute atomic E-state index is 0.0561. The van der Waals surface area contributed by atoms with Crippen LogP contribution in [0.15, 0.2) is 42.5 Å². The number of benzene rings is 2. The first-order valence-corrected chi connectivity index (χ1v) is 8.67. The second-order valence-electron chi connectivity index (χ2n) is 6.33. The van der Waals surface area contributed by atoms with E-state index in [1.165, 1.54) is 6.07 Å². The lowest BCUT2D eigenvalue weighted by atomic mass is 9.83. The van der Waals surface area contributed by atoms with Crippen LogP contribution in [0.1, 0.15) is 42.9 Å². The number of halogens is 1. The Morgan fingerprint density at radius 1 is 1.25 bits per heavy atom. The molecule has 2 aromatic carbocycles. The fourth-order valence-electron chi connectivity index (χ4n) is 2.61. The van der Waals surface area contributed by atoms with E-state index in [9.17, 15) is 8.60 Å². The van der Waals surface area contributed by atoms with E-state index >= 15 is 0 Å². The van der Waals surface area contributed by atoms with E-state index < -0.39 is 21.5 Å². The van der Waals surface area contributed by atoms with Crippen molar-refractivity contribution in [2.24, 2.45) is 5.14 Å². The molecule has 6 heteroatoms. The number of hydrogen-bond donors (Lipinski definition) is 2. The lowest BCUT2D eigenvalue weighted by Crippen LogP contribution is -2.34. The zero-order chi connectivity index (χ0) is 17.9. The fourth-order valence-corrected chi connectivity index (χ4v) is 2.94. The van der Waals surface area contributed by atoms with Crippen LogP contribution in [0, 0.1) is 17.1 Å². The van der Waals surface area contributed by atoms with E-state index in [-0.39, 0.29) is 11.6 Å². The molecule has 0 heterocycles. The quantitative estimate of drug-likeness (QED) is 0.815. The van der Waals surface area contributed by atoms with Crippen molar-refractivity contribution < 1.29 is 8.60 Å². The SMILES string of the molecule is CC(C)(C[C@H](c1cccc(C#N)c1)c1ccc(F)c(N)c1)S(N)=O. The van der Waals surface area contributed by atoms with Crippen LogP contribution < -0.4 is 10.9 Å². The smallest absolute Gasteiger partial charge is 0.146 e. The zero-order valence-electron chi connectivity index (χ0n) is 13.6. The van der Waals surface area contributed by atoms with Gasteiger partial charge in [-0.1, -0.05) is 18.2 Å². The number of nitrogen functional groups attached to an aromatic ring is 1. The van der Waals surface area contributed by atoms with E-state index in [2.05, 4.69) is 6.07 Å². The minimum atomic E-state index is -1.53. The van der Waals surface area contributed by atoms with Gasteiger partial charge in [0.25, 0.3) is 0 Å². The van der Waals surface area contributed by atoms with Gasteiger partial charge < -0.3 is 5.73 Å². The molecule has 126 valence electrons. The number of anilines is 1. The van der Waals surface area contributed by atoms with Gasteiger partial charge in [-0.3, -0.25) is 5.14 Å². The van der Waals surface area contributed by atoms with Gasteiger partial charge in [0.05, 0.1) is 33.1 Å². The Morgan fingerprint density at radius 2 is 1.92 bits per heavy atom. The van der Waals surface area contributed by atoms with Gasteiger partial charge >= 0.3 is 0 Å². The highest BCUT2D eigenvalue weighted by Gasteiger charge is 2.30. The summed E-state index contributed by atoms with van der Waals surface area (Å²) < 4.78 is 24.7. The summed E-state index contributed by atoms with van der Waals surface area (Å²) in [6.45, 7) is 3.63. The normalized spacial score (nSPS) is 14.0. The second-order valence-corrected chi connectivity index (χ2v) is 8.03. The lowest BCUT2D eigenvalue weighted by Gasteiger charge is -2.28. The van der Waals surface area contributed by atoms with Gasteiger partial charge in [0, 0.05) is 5.92 Å².